The monoisotopic (exact) mass is 295 g/mol. The molecule has 0 atom stereocenters. The molecule has 2 aromatic rings. The van der Waals surface area contributed by atoms with Crippen molar-refractivity contribution in [2.75, 3.05) is 5.32 Å². The number of aryl methyl sites for hydroxylation is 2. The van der Waals surface area contributed by atoms with Crippen molar-refractivity contribution in [1.29, 1.82) is 0 Å². The van der Waals surface area contributed by atoms with Gasteiger partial charge in [-0.25, -0.2) is 0 Å². The first-order valence-corrected chi connectivity index (χ1v) is 6.30. The van der Waals surface area contributed by atoms with E-state index in [-0.39, 0.29) is 0 Å². The number of nitrogens with zero attached hydrogens (tertiary/aromatic N) is 2. The van der Waals surface area contributed by atoms with Crippen LogP contribution in [-0.4, -0.2) is 10.1 Å². The maximum atomic E-state index is 5.10. The Labute approximate surface area is 109 Å². The van der Waals surface area contributed by atoms with Crippen LogP contribution in [0.5, 0.6) is 0 Å². The fraction of sp³-hybridized carbons (Fsp3) is 0.333. The third-order valence-corrected chi connectivity index (χ3v) is 3.32. The molecule has 0 aliphatic rings. The molecule has 1 N–H and O–H groups in total. The van der Waals surface area contributed by atoms with Gasteiger partial charge < -0.3 is 9.84 Å². The molecule has 90 valence electrons. The predicted octanol–water partition coefficient (Wildman–Crippen LogP) is 3.32. The number of nitrogens with one attached hydrogen (secondary N) is 1. The van der Waals surface area contributed by atoms with E-state index < -0.39 is 0 Å². The lowest BCUT2D eigenvalue weighted by Gasteiger charge is -2.05. The largest absolute Gasteiger partial charge is 0.376 e. The Morgan fingerprint density at radius 3 is 2.88 bits per heavy atom. The SMILES string of the molecule is CCc1noc(CNc2ccc(Br)c(C)c2)n1. The van der Waals surface area contributed by atoms with Crippen molar-refractivity contribution in [3.63, 3.8) is 0 Å². The Morgan fingerprint density at radius 1 is 1.41 bits per heavy atom. The normalized spacial score (nSPS) is 10.5. The van der Waals surface area contributed by atoms with Gasteiger partial charge in [0, 0.05) is 16.6 Å². The topological polar surface area (TPSA) is 51.0 Å². The van der Waals surface area contributed by atoms with Crippen LogP contribution in [-0.2, 0) is 13.0 Å². The fourth-order valence-corrected chi connectivity index (χ4v) is 1.68. The molecule has 0 amide bonds. The van der Waals surface area contributed by atoms with Gasteiger partial charge in [-0.05, 0) is 30.7 Å². The van der Waals surface area contributed by atoms with Crippen LogP contribution < -0.4 is 5.32 Å². The van der Waals surface area contributed by atoms with Gasteiger partial charge >= 0.3 is 0 Å². The van der Waals surface area contributed by atoms with Crippen LogP contribution in [0.4, 0.5) is 5.69 Å². The molecule has 0 aliphatic heterocycles. The fourth-order valence-electron chi connectivity index (χ4n) is 1.44. The Balaban J connectivity index is 1.99. The minimum atomic E-state index is 0.550. The van der Waals surface area contributed by atoms with Gasteiger partial charge in [0.15, 0.2) is 5.82 Å². The molecule has 17 heavy (non-hydrogen) atoms. The summed E-state index contributed by atoms with van der Waals surface area (Å²) in [6.07, 6.45) is 0.793. The maximum absolute atomic E-state index is 5.10. The number of halogens is 1. The van der Waals surface area contributed by atoms with Crippen molar-refractivity contribution in [3.8, 4) is 0 Å². The molecule has 0 unspecified atom stereocenters. The summed E-state index contributed by atoms with van der Waals surface area (Å²) in [5.74, 6) is 1.36. The maximum Gasteiger partial charge on any atom is 0.245 e. The predicted molar refractivity (Wildman–Crippen MR) is 69.9 cm³/mol. The van der Waals surface area contributed by atoms with E-state index in [9.17, 15) is 0 Å². The Bertz CT molecular complexity index is 510. The van der Waals surface area contributed by atoms with Crippen molar-refractivity contribution < 1.29 is 4.52 Å². The molecule has 0 radical (unpaired) electrons. The molecule has 4 nitrogen and oxygen atoms in total. The van der Waals surface area contributed by atoms with Gasteiger partial charge in [0.2, 0.25) is 5.89 Å². The Hall–Kier alpha value is -1.36. The van der Waals surface area contributed by atoms with Crippen LogP contribution in [0.1, 0.15) is 24.2 Å². The zero-order valence-electron chi connectivity index (χ0n) is 9.83. The van der Waals surface area contributed by atoms with E-state index >= 15 is 0 Å². The molecule has 0 saturated carbocycles. The van der Waals surface area contributed by atoms with E-state index in [0.717, 1.165) is 22.4 Å². The van der Waals surface area contributed by atoms with E-state index in [1.165, 1.54) is 5.56 Å². The molecule has 2 rings (SSSR count). The number of hydrogen-bond acceptors (Lipinski definition) is 4. The molecule has 0 saturated heterocycles. The third-order valence-electron chi connectivity index (χ3n) is 2.43. The van der Waals surface area contributed by atoms with Crippen LogP contribution in [0.2, 0.25) is 0 Å². The summed E-state index contributed by atoms with van der Waals surface area (Å²) >= 11 is 3.47. The third kappa shape index (κ3) is 3.06. The number of rotatable bonds is 4. The average molecular weight is 296 g/mol. The highest BCUT2D eigenvalue weighted by molar-refractivity contribution is 9.10. The van der Waals surface area contributed by atoms with Gasteiger partial charge in [0.05, 0.1) is 6.54 Å². The first-order valence-electron chi connectivity index (χ1n) is 5.50. The molecular weight excluding hydrogens is 282 g/mol. The summed E-state index contributed by atoms with van der Waals surface area (Å²) in [6.45, 7) is 4.60. The summed E-state index contributed by atoms with van der Waals surface area (Å²) in [4.78, 5) is 4.23. The number of aromatic nitrogens is 2. The summed E-state index contributed by atoms with van der Waals surface area (Å²) in [7, 11) is 0. The quantitative estimate of drug-likeness (QED) is 0.940. The molecular formula is C12H14BrN3O. The molecule has 0 bridgehead atoms. The molecule has 1 heterocycles. The van der Waals surface area contributed by atoms with Crippen molar-refractivity contribution in [3.05, 3.63) is 40.0 Å². The van der Waals surface area contributed by atoms with Crippen molar-refractivity contribution in [1.82, 2.24) is 10.1 Å². The van der Waals surface area contributed by atoms with Crippen molar-refractivity contribution >= 4 is 21.6 Å². The highest BCUT2D eigenvalue weighted by Gasteiger charge is 2.04. The molecule has 0 aliphatic carbocycles. The van der Waals surface area contributed by atoms with Crippen LogP contribution in [0, 0.1) is 6.92 Å². The Kier molecular flexibility index (Phi) is 3.78. The van der Waals surface area contributed by atoms with Gasteiger partial charge in [0.1, 0.15) is 0 Å². The van der Waals surface area contributed by atoms with Crippen LogP contribution >= 0.6 is 15.9 Å². The van der Waals surface area contributed by atoms with E-state index in [0.29, 0.717) is 12.4 Å². The van der Waals surface area contributed by atoms with Gasteiger partial charge in [0.25, 0.3) is 0 Å². The lowest BCUT2D eigenvalue weighted by Crippen LogP contribution is -2.00. The molecule has 1 aromatic carbocycles. The molecule has 0 spiro atoms. The summed E-state index contributed by atoms with van der Waals surface area (Å²) in [6, 6.07) is 6.10. The van der Waals surface area contributed by atoms with Crippen LogP contribution in [0.15, 0.2) is 27.2 Å². The van der Waals surface area contributed by atoms with Crippen LogP contribution in [0.3, 0.4) is 0 Å². The summed E-state index contributed by atoms with van der Waals surface area (Å²) in [5.41, 5.74) is 2.23. The van der Waals surface area contributed by atoms with Crippen LogP contribution in [0.25, 0.3) is 0 Å². The van der Waals surface area contributed by atoms with Gasteiger partial charge in [-0.3, -0.25) is 0 Å². The first kappa shape index (κ1) is 12.1. The molecule has 0 fully saturated rings. The molecule has 1 aromatic heterocycles. The minimum Gasteiger partial charge on any atom is -0.376 e. The smallest absolute Gasteiger partial charge is 0.245 e. The second kappa shape index (κ2) is 5.31. The standard InChI is InChI=1S/C12H14BrN3O/c1-3-11-15-12(17-16-11)7-14-9-4-5-10(13)8(2)6-9/h4-6,14H,3,7H2,1-2H3. The zero-order chi connectivity index (χ0) is 12.3. The van der Waals surface area contributed by atoms with Gasteiger partial charge in [-0.1, -0.05) is 28.0 Å². The second-order valence-electron chi connectivity index (χ2n) is 3.78. The van der Waals surface area contributed by atoms with E-state index in [4.69, 9.17) is 4.52 Å². The molecule has 5 heteroatoms. The lowest BCUT2D eigenvalue weighted by molar-refractivity contribution is 0.378. The van der Waals surface area contributed by atoms with E-state index in [1.807, 2.05) is 19.1 Å². The van der Waals surface area contributed by atoms with Crippen molar-refractivity contribution in [2.24, 2.45) is 0 Å². The van der Waals surface area contributed by atoms with Gasteiger partial charge in [-0.15, -0.1) is 0 Å². The minimum absolute atomic E-state index is 0.550. The van der Waals surface area contributed by atoms with Crippen molar-refractivity contribution in [2.45, 2.75) is 26.8 Å². The highest BCUT2D eigenvalue weighted by atomic mass is 79.9. The average Bonchev–Trinajstić information content (AvgIpc) is 2.79. The summed E-state index contributed by atoms with van der Waals surface area (Å²) in [5, 5.41) is 7.09. The number of benzene rings is 1. The Morgan fingerprint density at radius 2 is 2.24 bits per heavy atom. The van der Waals surface area contributed by atoms with E-state index in [1.54, 1.807) is 0 Å². The first-order chi connectivity index (χ1) is 8.19. The lowest BCUT2D eigenvalue weighted by atomic mass is 10.2. The number of hydrogen-bond donors (Lipinski definition) is 1. The number of anilines is 1. The van der Waals surface area contributed by atoms with Gasteiger partial charge in [-0.2, -0.15) is 4.98 Å². The van der Waals surface area contributed by atoms with E-state index in [2.05, 4.69) is 44.4 Å². The zero-order valence-corrected chi connectivity index (χ0v) is 11.4. The summed E-state index contributed by atoms with van der Waals surface area (Å²) < 4.78 is 6.20. The second-order valence-corrected chi connectivity index (χ2v) is 4.63. The highest BCUT2D eigenvalue weighted by Crippen LogP contribution is 2.20.